The van der Waals surface area contributed by atoms with Gasteiger partial charge in [0.2, 0.25) is 0 Å². The van der Waals surface area contributed by atoms with Gasteiger partial charge in [-0.25, -0.2) is 0 Å². The number of nitrogens with two attached hydrogens (primary N) is 1. The molecule has 0 radical (unpaired) electrons. The molecule has 3 rings (SSSR count). The Morgan fingerprint density at radius 1 is 1.38 bits per heavy atom. The molecule has 5 nitrogen and oxygen atoms in total. The van der Waals surface area contributed by atoms with Crippen LogP contribution in [0.3, 0.4) is 0 Å². The van der Waals surface area contributed by atoms with Crippen molar-refractivity contribution in [1.29, 1.82) is 0 Å². The number of amides is 2. The quantitative estimate of drug-likeness (QED) is 0.911. The Hall–Kier alpha value is -1.92. The Morgan fingerprint density at radius 2 is 2.19 bits per heavy atom. The van der Waals surface area contributed by atoms with Gasteiger partial charge in [0.25, 0.3) is 11.8 Å². The Bertz CT molecular complexity index is 742. The molecule has 0 saturated carbocycles. The van der Waals surface area contributed by atoms with Gasteiger partial charge in [-0.15, -0.1) is 11.3 Å². The molecule has 21 heavy (non-hydrogen) atoms. The number of fused-ring (bicyclic) bond motifs is 1. The van der Waals surface area contributed by atoms with Crippen LogP contribution in [0.15, 0.2) is 18.3 Å². The average Bonchev–Trinajstić information content (AvgIpc) is 2.98. The normalized spacial score (nSPS) is 13.0. The van der Waals surface area contributed by atoms with Crippen LogP contribution in [0, 0.1) is 0 Å². The number of pyridine rings is 1. The maximum atomic E-state index is 12.2. The van der Waals surface area contributed by atoms with Crippen molar-refractivity contribution in [3.63, 3.8) is 0 Å². The standard InChI is InChI=1S/C14H12ClN3O2S/c15-7-4-5-17-9(6-7)13(20)18-14-11(12(16)19)8-2-1-3-10(8)21-14/h4-6H,1-3H2,(H2,16,19)(H,18,20). The van der Waals surface area contributed by atoms with Crippen LogP contribution in [0.2, 0.25) is 5.02 Å². The fraction of sp³-hybridized carbons (Fsp3) is 0.214. The lowest BCUT2D eigenvalue weighted by Gasteiger charge is -2.05. The predicted molar refractivity (Wildman–Crippen MR) is 82.1 cm³/mol. The zero-order chi connectivity index (χ0) is 15.0. The van der Waals surface area contributed by atoms with Crippen LogP contribution in [-0.2, 0) is 12.8 Å². The Balaban J connectivity index is 1.92. The lowest BCUT2D eigenvalue weighted by molar-refractivity contribution is 0.100. The molecule has 0 bridgehead atoms. The molecule has 0 aliphatic heterocycles. The van der Waals surface area contributed by atoms with E-state index in [4.69, 9.17) is 17.3 Å². The summed E-state index contributed by atoms with van der Waals surface area (Å²) in [6.07, 6.45) is 4.23. The lowest BCUT2D eigenvalue weighted by Crippen LogP contribution is -2.18. The SMILES string of the molecule is NC(=O)c1c(NC(=O)c2cc(Cl)ccn2)sc2c1CCC2. The second kappa shape index (κ2) is 5.46. The maximum Gasteiger partial charge on any atom is 0.274 e. The van der Waals surface area contributed by atoms with E-state index >= 15 is 0 Å². The molecular weight excluding hydrogens is 310 g/mol. The van der Waals surface area contributed by atoms with E-state index in [0.717, 1.165) is 29.7 Å². The molecule has 2 amide bonds. The highest BCUT2D eigenvalue weighted by Crippen LogP contribution is 2.38. The minimum absolute atomic E-state index is 0.200. The predicted octanol–water partition coefficient (Wildman–Crippen LogP) is 2.64. The molecule has 7 heteroatoms. The van der Waals surface area contributed by atoms with Crippen LogP contribution in [-0.4, -0.2) is 16.8 Å². The zero-order valence-electron chi connectivity index (χ0n) is 11.0. The van der Waals surface area contributed by atoms with Crippen molar-refractivity contribution in [3.8, 4) is 0 Å². The zero-order valence-corrected chi connectivity index (χ0v) is 12.6. The van der Waals surface area contributed by atoms with E-state index in [1.807, 2.05) is 0 Å². The number of rotatable bonds is 3. The number of nitrogens with one attached hydrogen (secondary N) is 1. The van der Waals surface area contributed by atoms with Crippen molar-refractivity contribution < 1.29 is 9.59 Å². The molecule has 2 aromatic heterocycles. The maximum absolute atomic E-state index is 12.2. The molecule has 3 N–H and O–H groups in total. The fourth-order valence-corrected chi connectivity index (χ4v) is 3.90. The van der Waals surface area contributed by atoms with E-state index in [-0.39, 0.29) is 5.69 Å². The van der Waals surface area contributed by atoms with Crippen LogP contribution in [0.5, 0.6) is 0 Å². The highest BCUT2D eigenvalue weighted by molar-refractivity contribution is 7.17. The van der Waals surface area contributed by atoms with Crippen LogP contribution in [0.4, 0.5) is 5.00 Å². The van der Waals surface area contributed by atoms with Gasteiger partial charge < -0.3 is 11.1 Å². The summed E-state index contributed by atoms with van der Waals surface area (Å²) < 4.78 is 0. The van der Waals surface area contributed by atoms with Crippen LogP contribution in [0.25, 0.3) is 0 Å². The summed E-state index contributed by atoms with van der Waals surface area (Å²) >= 11 is 7.25. The Kier molecular flexibility index (Phi) is 3.65. The highest BCUT2D eigenvalue weighted by Gasteiger charge is 2.26. The summed E-state index contributed by atoms with van der Waals surface area (Å²) in [5, 5.41) is 3.65. The third-order valence-electron chi connectivity index (χ3n) is 3.35. The molecule has 1 aliphatic rings. The first-order valence-electron chi connectivity index (χ1n) is 6.43. The fourth-order valence-electron chi connectivity index (χ4n) is 2.45. The number of carbonyl (C=O) groups is 2. The van der Waals surface area contributed by atoms with Crippen molar-refractivity contribution in [1.82, 2.24) is 4.98 Å². The monoisotopic (exact) mass is 321 g/mol. The average molecular weight is 322 g/mol. The van der Waals surface area contributed by atoms with E-state index < -0.39 is 11.8 Å². The summed E-state index contributed by atoms with van der Waals surface area (Å²) in [6, 6.07) is 3.06. The Morgan fingerprint density at radius 3 is 2.90 bits per heavy atom. The van der Waals surface area contributed by atoms with Gasteiger partial charge >= 0.3 is 0 Å². The van der Waals surface area contributed by atoms with Crippen molar-refractivity contribution >= 4 is 39.8 Å². The molecule has 2 heterocycles. The number of aryl methyl sites for hydroxylation is 1. The minimum Gasteiger partial charge on any atom is -0.365 e. The van der Waals surface area contributed by atoms with Gasteiger partial charge in [-0.05, 0) is 37.0 Å². The first kappa shape index (κ1) is 14.0. The molecule has 2 aromatic rings. The van der Waals surface area contributed by atoms with Gasteiger partial charge in [-0.2, -0.15) is 0 Å². The van der Waals surface area contributed by atoms with Gasteiger partial charge in [0, 0.05) is 16.1 Å². The highest BCUT2D eigenvalue weighted by atomic mass is 35.5. The van der Waals surface area contributed by atoms with Gasteiger partial charge in [-0.3, -0.25) is 14.6 Å². The molecule has 0 aromatic carbocycles. The van der Waals surface area contributed by atoms with Crippen molar-refractivity contribution in [3.05, 3.63) is 45.1 Å². The molecule has 108 valence electrons. The number of carbonyl (C=O) groups excluding carboxylic acids is 2. The van der Waals surface area contributed by atoms with Crippen molar-refractivity contribution in [2.24, 2.45) is 5.73 Å². The third-order valence-corrected chi connectivity index (χ3v) is 4.79. The topological polar surface area (TPSA) is 85.1 Å². The van der Waals surface area contributed by atoms with E-state index in [1.165, 1.54) is 23.6 Å². The summed E-state index contributed by atoms with van der Waals surface area (Å²) in [4.78, 5) is 28.9. The number of nitrogens with zero attached hydrogens (tertiary/aromatic N) is 1. The number of primary amides is 1. The third kappa shape index (κ3) is 2.64. The summed E-state index contributed by atoms with van der Waals surface area (Å²) in [6.45, 7) is 0. The van der Waals surface area contributed by atoms with E-state index in [1.54, 1.807) is 6.07 Å². The van der Waals surface area contributed by atoms with Crippen LogP contribution >= 0.6 is 22.9 Å². The second-order valence-electron chi connectivity index (χ2n) is 4.74. The van der Waals surface area contributed by atoms with E-state index in [9.17, 15) is 9.59 Å². The Labute approximate surface area is 130 Å². The molecule has 1 aliphatic carbocycles. The minimum atomic E-state index is -0.510. The van der Waals surface area contributed by atoms with Crippen LogP contribution in [0.1, 0.15) is 37.7 Å². The van der Waals surface area contributed by atoms with Gasteiger partial charge in [-0.1, -0.05) is 11.6 Å². The summed E-state index contributed by atoms with van der Waals surface area (Å²) in [7, 11) is 0. The van der Waals surface area contributed by atoms with Gasteiger partial charge in [0.05, 0.1) is 5.56 Å². The summed E-state index contributed by atoms with van der Waals surface area (Å²) in [5.74, 6) is -0.913. The van der Waals surface area contributed by atoms with Crippen LogP contribution < -0.4 is 11.1 Å². The number of hydrogen-bond donors (Lipinski definition) is 2. The molecule has 0 fully saturated rings. The smallest absolute Gasteiger partial charge is 0.274 e. The van der Waals surface area contributed by atoms with E-state index in [2.05, 4.69) is 10.3 Å². The number of aromatic nitrogens is 1. The number of anilines is 1. The van der Waals surface area contributed by atoms with Crippen molar-refractivity contribution in [2.45, 2.75) is 19.3 Å². The first-order chi connectivity index (χ1) is 10.1. The molecule has 0 unspecified atom stereocenters. The largest absolute Gasteiger partial charge is 0.365 e. The summed E-state index contributed by atoms with van der Waals surface area (Å²) in [5.41, 5.74) is 7.06. The second-order valence-corrected chi connectivity index (χ2v) is 6.28. The lowest BCUT2D eigenvalue weighted by atomic mass is 10.1. The molecule has 0 spiro atoms. The number of halogens is 1. The molecular formula is C14H12ClN3O2S. The first-order valence-corrected chi connectivity index (χ1v) is 7.63. The molecule has 0 atom stereocenters. The van der Waals surface area contributed by atoms with Gasteiger partial charge in [0.15, 0.2) is 0 Å². The number of thiophene rings is 1. The number of hydrogen-bond acceptors (Lipinski definition) is 4. The molecule has 0 saturated heterocycles. The van der Waals surface area contributed by atoms with Gasteiger partial charge in [0.1, 0.15) is 10.7 Å². The van der Waals surface area contributed by atoms with Crippen molar-refractivity contribution in [2.75, 3.05) is 5.32 Å². The van der Waals surface area contributed by atoms with E-state index in [0.29, 0.717) is 15.6 Å².